The molecule has 6 nitrogen and oxygen atoms in total. The van der Waals surface area contributed by atoms with Crippen molar-refractivity contribution in [3.63, 3.8) is 0 Å². The normalized spacial score (nSPS) is 15.5. The van der Waals surface area contributed by atoms with Crippen molar-refractivity contribution in [1.82, 2.24) is 19.7 Å². The molecule has 0 N–H and O–H groups in total. The van der Waals surface area contributed by atoms with E-state index in [1.54, 1.807) is 10.9 Å². The SMILES string of the molecule is CC1CCN(C(=O)c2ccc(N(C)Cc3cnn(C)c3)nc2)CC1. The Morgan fingerprint density at radius 2 is 2.04 bits per heavy atom. The summed E-state index contributed by atoms with van der Waals surface area (Å²) in [6.45, 7) is 4.68. The number of carbonyl (C=O) groups is 1. The number of hydrogen-bond acceptors (Lipinski definition) is 4. The average Bonchev–Trinajstić information content (AvgIpc) is 3.00. The molecular weight excluding hydrogens is 302 g/mol. The van der Waals surface area contributed by atoms with E-state index >= 15 is 0 Å². The van der Waals surface area contributed by atoms with Gasteiger partial charge in [-0.25, -0.2) is 4.98 Å². The summed E-state index contributed by atoms with van der Waals surface area (Å²) < 4.78 is 1.79. The van der Waals surface area contributed by atoms with Crippen LogP contribution < -0.4 is 4.90 Å². The fourth-order valence-corrected chi connectivity index (χ4v) is 3.04. The standard InChI is InChI=1S/C18H25N5O/c1-14-6-8-23(9-7-14)18(24)16-4-5-17(19-11-16)21(2)12-15-10-20-22(3)13-15/h4-5,10-11,13-14H,6-9,12H2,1-3H3. The average molecular weight is 327 g/mol. The number of aromatic nitrogens is 3. The van der Waals surface area contributed by atoms with E-state index in [1.807, 2.05) is 48.4 Å². The maximum Gasteiger partial charge on any atom is 0.255 e. The van der Waals surface area contributed by atoms with E-state index in [0.717, 1.165) is 49.8 Å². The minimum Gasteiger partial charge on any atom is -0.355 e. The lowest BCUT2D eigenvalue weighted by Crippen LogP contribution is -2.37. The van der Waals surface area contributed by atoms with Crippen molar-refractivity contribution in [3.8, 4) is 0 Å². The number of pyridine rings is 1. The first-order valence-electron chi connectivity index (χ1n) is 8.47. The molecule has 0 aliphatic carbocycles. The first kappa shape index (κ1) is 16.5. The molecule has 0 aromatic carbocycles. The van der Waals surface area contributed by atoms with Gasteiger partial charge in [-0.2, -0.15) is 5.10 Å². The van der Waals surface area contributed by atoms with Crippen molar-refractivity contribution < 1.29 is 4.79 Å². The molecule has 0 spiro atoms. The summed E-state index contributed by atoms with van der Waals surface area (Å²) in [4.78, 5) is 21.0. The summed E-state index contributed by atoms with van der Waals surface area (Å²) in [6.07, 6.45) is 7.71. The van der Waals surface area contributed by atoms with Gasteiger partial charge in [-0.05, 0) is 30.9 Å². The van der Waals surface area contributed by atoms with Crippen LogP contribution in [0, 0.1) is 5.92 Å². The van der Waals surface area contributed by atoms with Crippen molar-refractivity contribution in [3.05, 3.63) is 41.9 Å². The first-order valence-corrected chi connectivity index (χ1v) is 8.47. The van der Waals surface area contributed by atoms with Crippen LogP contribution in [0.2, 0.25) is 0 Å². The van der Waals surface area contributed by atoms with Crippen LogP contribution in [-0.4, -0.2) is 45.7 Å². The minimum absolute atomic E-state index is 0.0934. The lowest BCUT2D eigenvalue weighted by Gasteiger charge is -2.30. The molecule has 0 unspecified atom stereocenters. The van der Waals surface area contributed by atoms with E-state index < -0.39 is 0 Å². The number of carbonyl (C=O) groups excluding carboxylic acids is 1. The zero-order chi connectivity index (χ0) is 17.1. The molecule has 0 radical (unpaired) electrons. The Kier molecular flexibility index (Phi) is 4.83. The Morgan fingerprint density at radius 3 is 2.62 bits per heavy atom. The van der Waals surface area contributed by atoms with Crippen molar-refractivity contribution in [2.24, 2.45) is 13.0 Å². The zero-order valence-electron chi connectivity index (χ0n) is 14.6. The Hall–Kier alpha value is -2.37. The van der Waals surface area contributed by atoms with Gasteiger partial charge in [-0.15, -0.1) is 0 Å². The third-order valence-corrected chi connectivity index (χ3v) is 4.63. The van der Waals surface area contributed by atoms with Crippen LogP contribution in [0.5, 0.6) is 0 Å². The molecule has 2 aromatic rings. The summed E-state index contributed by atoms with van der Waals surface area (Å²) in [5, 5.41) is 4.18. The highest BCUT2D eigenvalue weighted by Gasteiger charge is 2.21. The number of anilines is 1. The summed E-state index contributed by atoms with van der Waals surface area (Å²) in [7, 11) is 3.90. The molecule has 0 atom stereocenters. The molecule has 24 heavy (non-hydrogen) atoms. The summed E-state index contributed by atoms with van der Waals surface area (Å²) in [6, 6.07) is 3.79. The predicted molar refractivity (Wildman–Crippen MR) is 93.9 cm³/mol. The van der Waals surface area contributed by atoms with E-state index in [2.05, 4.69) is 17.0 Å². The van der Waals surface area contributed by atoms with E-state index in [4.69, 9.17) is 0 Å². The molecule has 1 saturated heterocycles. The van der Waals surface area contributed by atoms with Gasteiger partial charge in [0.25, 0.3) is 5.91 Å². The maximum atomic E-state index is 12.5. The Morgan fingerprint density at radius 1 is 1.29 bits per heavy atom. The Bertz CT molecular complexity index is 686. The van der Waals surface area contributed by atoms with Crippen molar-refractivity contribution in [2.45, 2.75) is 26.3 Å². The molecule has 2 aromatic heterocycles. The third-order valence-electron chi connectivity index (χ3n) is 4.63. The van der Waals surface area contributed by atoms with E-state index in [-0.39, 0.29) is 5.91 Å². The Labute approximate surface area is 143 Å². The molecular formula is C18H25N5O. The number of likely N-dealkylation sites (tertiary alicyclic amines) is 1. The molecule has 6 heteroatoms. The lowest BCUT2D eigenvalue weighted by atomic mass is 9.99. The molecule has 0 bridgehead atoms. The molecule has 1 amide bonds. The van der Waals surface area contributed by atoms with Crippen LogP contribution in [0.3, 0.4) is 0 Å². The molecule has 3 heterocycles. The second-order valence-electron chi connectivity index (χ2n) is 6.76. The highest BCUT2D eigenvalue weighted by Crippen LogP contribution is 2.19. The van der Waals surface area contributed by atoms with Gasteiger partial charge in [0.1, 0.15) is 5.82 Å². The number of amides is 1. The van der Waals surface area contributed by atoms with Crippen molar-refractivity contribution >= 4 is 11.7 Å². The highest BCUT2D eigenvalue weighted by molar-refractivity contribution is 5.94. The first-order chi connectivity index (χ1) is 11.5. The quantitative estimate of drug-likeness (QED) is 0.865. The molecule has 1 aliphatic heterocycles. The van der Waals surface area contributed by atoms with Gasteiger partial charge in [0.15, 0.2) is 0 Å². The van der Waals surface area contributed by atoms with Crippen LogP contribution in [0.1, 0.15) is 35.7 Å². The van der Waals surface area contributed by atoms with E-state index in [0.29, 0.717) is 5.56 Å². The number of nitrogens with zero attached hydrogens (tertiary/aromatic N) is 5. The largest absolute Gasteiger partial charge is 0.355 e. The highest BCUT2D eigenvalue weighted by atomic mass is 16.2. The third kappa shape index (κ3) is 3.75. The van der Waals surface area contributed by atoms with Gasteiger partial charge in [-0.1, -0.05) is 6.92 Å². The number of aryl methyl sites for hydroxylation is 1. The van der Waals surface area contributed by atoms with E-state index in [1.165, 1.54) is 0 Å². The van der Waals surface area contributed by atoms with Gasteiger partial charge >= 0.3 is 0 Å². The van der Waals surface area contributed by atoms with Crippen LogP contribution >= 0.6 is 0 Å². The smallest absolute Gasteiger partial charge is 0.255 e. The monoisotopic (exact) mass is 327 g/mol. The summed E-state index contributed by atoms with van der Waals surface area (Å²) in [5.41, 5.74) is 1.80. The van der Waals surface area contributed by atoms with Gasteiger partial charge in [0, 0.05) is 51.7 Å². The zero-order valence-corrected chi connectivity index (χ0v) is 14.6. The lowest BCUT2D eigenvalue weighted by molar-refractivity contribution is 0.0697. The summed E-state index contributed by atoms with van der Waals surface area (Å²) >= 11 is 0. The van der Waals surface area contributed by atoms with Crippen molar-refractivity contribution in [2.75, 3.05) is 25.0 Å². The molecule has 3 rings (SSSR count). The minimum atomic E-state index is 0.0934. The van der Waals surface area contributed by atoms with Crippen LogP contribution in [0.15, 0.2) is 30.7 Å². The van der Waals surface area contributed by atoms with Crippen LogP contribution in [-0.2, 0) is 13.6 Å². The predicted octanol–water partition coefficient (Wildman–Crippen LogP) is 2.32. The van der Waals surface area contributed by atoms with Gasteiger partial charge in [-0.3, -0.25) is 9.48 Å². The second-order valence-corrected chi connectivity index (χ2v) is 6.76. The van der Waals surface area contributed by atoms with Crippen LogP contribution in [0.4, 0.5) is 5.82 Å². The van der Waals surface area contributed by atoms with Gasteiger partial charge < -0.3 is 9.80 Å². The fraction of sp³-hybridized carbons (Fsp3) is 0.500. The number of piperidine rings is 1. The molecule has 128 valence electrons. The Balaban J connectivity index is 1.63. The van der Waals surface area contributed by atoms with Gasteiger partial charge in [0.2, 0.25) is 0 Å². The topological polar surface area (TPSA) is 54.3 Å². The van der Waals surface area contributed by atoms with E-state index in [9.17, 15) is 4.79 Å². The van der Waals surface area contributed by atoms with Crippen molar-refractivity contribution in [1.29, 1.82) is 0 Å². The van der Waals surface area contributed by atoms with Crippen LogP contribution in [0.25, 0.3) is 0 Å². The second kappa shape index (κ2) is 7.03. The number of hydrogen-bond donors (Lipinski definition) is 0. The number of rotatable bonds is 4. The molecule has 1 aliphatic rings. The fourth-order valence-electron chi connectivity index (χ4n) is 3.04. The molecule has 1 fully saturated rings. The summed E-state index contributed by atoms with van der Waals surface area (Å²) in [5.74, 6) is 1.66. The van der Waals surface area contributed by atoms with Gasteiger partial charge in [0.05, 0.1) is 11.8 Å². The maximum absolute atomic E-state index is 12.5. The molecule has 0 saturated carbocycles.